The third-order valence-corrected chi connectivity index (χ3v) is 5.07. The molecule has 1 aliphatic carbocycles. The van der Waals surface area contributed by atoms with E-state index in [0.29, 0.717) is 12.1 Å². The average molecular weight is 325 g/mol. The van der Waals surface area contributed by atoms with Gasteiger partial charge >= 0.3 is 0 Å². The second kappa shape index (κ2) is 6.15. The first-order valence-electron chi connectivity index (χ1n) is 8.22. The Morgan fingerprint density at radius 2 is 2.12 bits per heavy atom. The molecule has 5 nitrogen and oxygen atoms in total. The van der Waals surface area contributed by atoms with Gasteiger partial charge in [-0.25, -0.2) is 0 Å². The fourth-order valence-corrected chi connectivity index (χ4v) is 3.65. The molecule has 0 saturated carbocycles. The first-order valence-corrected chi connectivity index (χ1v) is 8.22. The Morgan fingerprint density at radius 1 is 1.38 bits per heavy atom. The first kappa shape index (κ1) is 16.3. The summed E-state index contributed by atoms with van der Waals surface area (Å²) in [5, 5.41) is 3.55. The van der Waals surface area contributed by atoms with E-state index in [4.69, 9.17) is 5.73 Å². The summed E-state index contributed by atoms with van der Waals surface area (Å²) < 4.78 is 0. The van der Waals surface area contributed by atoms with E-state index in [-0.39, 0.29) is 17.9 Å². The molecule has 0 aromatic heterocycles. The molecule has 1 heterocycles. The topological polar surface area (TPSA) is 75.4 Å². The van der Waals surface area contributed by atoms with Crippen LogP contribution in [0.25, 0.3) is 5.57 Å². The molecule has 3 N–H and O–H groups in total. The van der Waals surface area contributed by atoms with E-state index in [9.17, 15) is 9.59 Å². The van der Waals surface area contributed by atoms with Crippen molar-refractivity contribution in [1.29, 1.82) is 0 Å². The number of benzene rings is 1. The normalized spacial score (nSPS) is 19.4. The number of hydrogen-bond donors (Lipinski definition) is 2. The fourth-order valence-electron chi connectivity index (χ4n) is 3.65. The Morgan fingerprint density at radius 3 is 2.79 bits per heavy atom. The maximum atomic E-state index is 11.7. The Kier molecular flexibility index (Phi) is 4.18. The number of hydrogen-bond acceptors (Lipinski definition) is 3. The number of nitrogens with one attached hydrogen (secondary N) is 1. The van der Waals surface area contributed by atoms with Crippen LogP contribution in [-0.2, 0) is 11.2 Å². The summed E-state index contributed by atoms with van der Waals surface area (Å²) in [5.41, 5.74) is 11.7. The molecule has 1 aliphatic heterocycles. The predicted molar refractivity (Wildman–Crippen MR) is 95.7 cm³/mol. The van der Waals surface area contributed by atoms with Crippen molar-refractivity contribution in [3.8, 4) is 0 Å². The minimum Gasteiger partial charge on any atom is -0.380 e. The van der Waals surface area contributed by atoms with Crippen LogP contribution in [0.2, 0.25) is 0 Å². The van der Waals surface area contributed by atoms with Crippen molar-refractivity contribution in [1.82, 2.24) is 4.90 Å². The van der Waals surface area contributed by atoms with E-state index in [1.54, 1.807) is 11.0 Å². The summed E-state index contributed by atoms with van der Waals surface area (Å²) in [4.78, 5) is 25.2. The summed E-state index contributed by atoms with van der Waals surface area (Å²) in [7, 11) is 0. The maximum absolute atomic E-state index is 11.7. The van der Waals surface area contributed by atoms with E-state index < -0.39 is 0 Å². The van der Waals surface area contributed by atoms with Crippen molar-refractivity contribution < 1.29 is 9.59 Å². The lowest BCUT2D eigenvalue weighted by Gasteiger charge is -2.20. The smallest absolute Gasteiger partial charge is 0.249 e. The molecule has 24 heavy (non-hydrogen) atoms. The number of nitrogens with zero attached hydrogens (tertiary/aromatic N) is 1. The standard InChI is InChI=1S/C19H23N3O2/c1-4-17(23)22-8-7-13(10-22)21-16-6-5-14(19(20)24)15-9-11(2)12(3)18(15)16/h4-6,13,21H,1,7-10H2,2-3H3,(H2,20,24). The molecule has 5 heteroatoms. The Labute approximate surface area is 142 Å². The monoisotopic (exact) mass is 325 g/mol. The van der Waals surface area contributed by atoms with E-state index in [2.05, 4.69) is 25.7 Å². The quantitative estimate of drug-likeness (QED) is 0.834. The minimum atomic E-state index is -0.385. The summed E-state index contributed by atoms with van der Waals surface area (Å²) in [5.74, 6) is -0.413. The van der Waals surface area contributed by atoms with E-state index in [0.717, 1.165) is 36.2 Å². The third-order valence-electron chi connectivity index (χ3n) is 5.07. The number of carbonyl (C=O) groups is 2. The van der Waals surface area contributed by atoms with Crippen molar-refractivity contribution in [2.24, 2.45) is 5.73 Å². The van der Waals surface area contributed by atoms with Crippen LogP contribution in [0.5, 0.6) is 0 Å². The van der Waals surface area contributed by atoms with Crippen LogP contribution in [-0.4, -0.2) is 35.8 Å². The number of likely N-dealkylation sites (tertiary alicyclic amines) is 1. The Balaban J connectivity index is 1.88. The molecule has 1 fully saturated rings. The number of anilines is 1. The lowest BCUT2D eigenvalue weighted by Crippen LogP contribution is -2.30. The van der Waals surface area contributed by atoms with Gasteiger partial charge in [-0.1, -0.05) is 12.2 Å². The number of fused-ring (bicyclic) bond motifs is 1. The van der Waals surface area contributed by atoms with Gasteiger partial charge in [0.1, 0.15) is 0 Å². The molecule has 2 amide bonds. The number of carbonyl (C=O) groups excluding carboxylic acids is 2. The van der Waals surface area contributed by atoms with Gasteiger partial charge in [0, 0.05) is 35.9 Å². The summed E-state index contributed by atoms with van der Waals surface area (Å²) in [6.07, 6.45) is 3.02. The second-order valence-electron chi connectivity index (χ2n) is 6.58. The van der Waals surface area contributed by atoms with Gasteiger partial charge in [0.2, 0.25) is 11.8 Å². The molecule has 126 valence electrons. The molecular weight excluding hydrogens is 302 g/mol. The molecule has 1 unspecified atom stereocenters. The van der Waals surface area contributed by atoms with E-state index in [1.807, 2.05) is 6.07 Å². The van der Waals surface area contributed by atoms with Crippen molar-refractivity contribution in [2.45, 2.75) is 32.7 Å². The van der Waals surface area contributed by atoms with Crippen molar-refractivity contribution in [3.63, 3.8) is 0 Å². The van der Waals surface area contributed by atoms with Gasteiger partial charge < -0.3 is 16.0 Å². The molecule has 0 radical (unpaired) electrons. The summed E-state index contributed by atoms with van der Waals surface area (Å²) in [6.45, 7) is 9.11. The molecule has 1 atom stereocenters. The molecule has 1 saturated heterocycles. The highest BCUT2D eigenvalue weighted by atomic mass is 16.2. The Bertz CT molecular complexity index is 764. The van der Waals surface area contributed by atoms with Crippen LogP contribution in [0.3, 0.4) is 0 Å². The number of nitrogens with two attached hydrogens (primary N) is 1. The lowest BCUT2D eigenvalue weighted by molar-refractivity contribution is -0.125. The van der Waals surface area contributed by atoms with Gasteiger partial charge in [0.25, 0.3) is 0 Å². The van der Waals surface area contributed by atoms with Crippen molar-refractivity contribution in [2.75, 3.05) is 18.4 Å². The van der Waals surface area contributed by atoms with Crippen LogP contribution in [0.15, 0.2) is 30.4 Å². The molecular formula is C19H23N3O2. The number of primary amides is 1. The average Bonchev–Trinajstić information content (AvgIpc) is 3.12. The molecule has 3 rings (SSSR count). The zero-order valence-electron chi connectivity index (χ0n) is 14.2. The summed E-state index contributed by atoms with van der Waals surface area (Å²) in [6, 6.07) is 3.93. The number of amides is 2. The van der Waals surface area contributed by atoms with Gasteiger partial charge in [-0.15, -0.1) is 0 Å². The molecule has 1 aromatic rings. The van der Waals surface area contributed by atoms with Crippen LogP contribution in [0.4, 0.5) is 5.69 Å². The molecule has 0 spiro atoms. The zero-order valence-corrected chi connectivity index (χ0v) is 14.2. The van der Waals surface area contributed by atoms with Crippen LogP contribution >= 0.6 is 0 Å². The SMILES string of the molecule is C=CC(=O)N1CCC(Nc2ccc(C(N)=O)c3c2C(C)=C(C)C3)C1. The minimum absolute atomic E-state index is 0.0273. The highest BCUT2D eigenvalue weighted by molar-refractivity contribution is 5.99. The summed E-state index contributed by atoms with van der Waals surface area (Å²) >= 11 is 0. The Hall–Kier alpha value is -2.56. The van der Waals surface area contributed by atoms with Gasteiger partial charge in [-0.3, -0.25) is 9.59 Å². The van der Waals surface area contributed by atoms with Crippen LogP contribution in [0, 0.1) is 0 Å². The third kappa shape index (κ3) is 2.70. The molecule has 2 aliphatic rings. The fraction of sp³-hybridized carbons (Fsp3) is 0.368. The maximum Gasteiger partial charge on any atom is 0.249 e. The number of allylic oxidation sites excluding steroid dienone is 2. The van der Waals surface area contributed by atoms with Gasteiger partial charge in [0.05, 0.1) is 0 Å². The molecule has 0 bridgehead atoms. The van der Waals surface area contributed by atoms with Crippen LogP contribution < -0.4 is 11.1 Å². The van der Waals surface area contributed by atoms with Crippen LogP contribution in [0.1, 0.15) is 41.8 Å². The number of rotatable bonds is 4. The highest BCUT2D eigenvalue weighted by Gasteiger charge is 2.28. The van der Waals surface area contributed by atoms with Crippen molar-refractivity contribution >= 4 is 23.1 Å². The lowest BCUT2D eigenvalue weighted by atomic mass is 9.97. The van der Waals surface area contributed by atoms with E-state index >= 15 is 0 Å². The largest absolute Gasteiger partial charge is 0.380 e. The van der Waals surface area contributed by atoms with Gasteiger partial charge in [0.15, 0.2) is 0 Å². The van der Waals surface area contributed by atoms with Gasteiger partial charge in [-0.2, -0.15) is 0 Å². The van der Waals surface area contributed by atoms with E-state index in [1.165, 1.54) is 17.2 Å². The van der Waals surface area contributed by atoms with Crippen molar-refractivity contribution in [3.05, 3.63) is 47.1 Å². The zero-order chi connectivity index (χ0) is 17.4. The molecule has 1 aromatic carbocycles. The van der Waals surface area contributed by atoms with Gasteiger partial charge in [-0.05, 0) is 56.0 Å². The second-order valence-corrected chi connectivity index (χ2v) is 6.58. The predicted octanol–water partition coefficient (Wildman–Crippen LogP) is 2.33. The highest BCUT2D eigenvalue weighted by Crippen LogP contribution is 2.39. The first-order chi connectivity index (χ1) is 11.4.